The lowest BCUT2D eigenvalue weighted by Gasteiger charge is -1.95. The van der Waals surface area contributed by atoms with Gasteiger partial charge < -0.3 is 0 Å². The third kappa shape index (κ3) is 1.98. The van der Waals surface area contributed by atoms with Crippen LogP contribution in [-0.2, 0) is 0 Å². The van der Waals surface area contributed by atoms with E-state index in [4.69, 9.17) is 0 Å². The van der Waals surface area contributed by atoms with Crippen molar-refractivity contribution in [2.45, 2.75) is 6.92 Å². The highest BCUT2D eigenvalue weighted by Gasteiger charge is 2.10. The maximum Gasteiger partial charge on any atom is 0.268 e. The Bertz CT molecular complexity index is 702. The van der Waals surface area contributed by atoms with E-state index in [-0.39, 0.29) is 5.91 Å². The standard InChI is InChI=1S/C12H10N4OS/c1-8-4-5-10-13-12(15-16(10)7-8)14-11(17)9-3-2-6-18-9/h2-7H,1H3,(H,14,15,17). The fraction of sp³-hybridized carbons (Fsp3) is 0.0833. The Balaban J connectivity index is 1.89. The first kappa shape index (κ1) is 10.9. The first-order valence-corrected chi connectivity index (χ1v) is 6.28. The molecule has 0 spiro atoms. The van der Waals surface area contributed by atoms with E-state index in [1.165, 1.54) is 11.3 Å². The van der Waals surface area contributed by atoms with Crippen molar-refractivity contribution < 1.29 is 4.79 Å². The molecule has 0 atom stereocenters. The third-order valence-corrected chi connectivity index (χ3v) is 3.32. The number of fused-ring (bicyclic) bond motifs is 1. The van der Waals surface area contributed by atoms with Crippen molar-refractivity contribution in [3.8, 4) is 0 Å². The molecule has 3 rings (SSSR count). The lowest BCUT2D eigenvalue weighted by Crippen LogP contribution is -2.11. The number of aromatic nitrogens is 3. The minimum Gasteiger partial charge on any atom is -0.288 e. The van der Waals surface area contributed by atoms with Crippen LogP contribution in [0.2, 0.25) is 0 Å². The normalized spacial score (nSPS) is 10.7. The maximum atomic E-state index is 11.8. The number of carbonyl (C=O) groups excluding carboxylic acids is 1. The third-order valence-electron chi connectivity index (χ3n) is 2.45. The number of thiophene rings is 1. The van der Waals surface area contributed by atoms with Crippen LogP contribution in [0.15, 0.2) is 35.8 Å². The minimum absolute atomic E-state index is 0.183. The molecule has 0 aliphatic carbocycles. The van der Waals surface area contributed by atoms with Crippen LogP contribution in [-0.4, -0.2) is 20.5 Å². The molecule has 0 unspecified atom stereocenters. The van der Waals surface area contributed by atoms with Gasteiger partial charge in [-0.05, 0) is 30.0 Å². The van der Waals surface area contributed by atoms with Gasteiger partial charge in [-0.3, -0.25) is 10.1 Å². The van der Waals surface area contributed by atoms with Crippen LogP contribution in [0.1, 0.15) is 15.2 Å². The van der Waals surface area contributed by atoms with E-state index in [2.05, 4.69) is 15.4 Å². The van der Waals surface area contributed by atoms with Crippen LogP contribution in [0.4, 0.5) is 5.95 Å². The first-order chi connectivity index (χ1) is 8.72. The van der Waals surface area contributed by atoms with Crippen molar-refractivity contribution in [2.24, 2.45) is 0 Å². The molecule has 3 aromatic rings. The average molecular weight is 258 g/mol. The summed E-state index contributed by atoms with van der Waals surface area (Å²) in [5.74, 6) is 0.136. The van der Waals surface area contributed by atoms with Gasteiger partial charge in [-0.2, -0.15) is 4.98 Å². The summed E-state index contributed by atoms with van der Waals surface area (Å²) in [7, 11) is 0. The van der Waals surface area contributed by atoms with Crippen molar-refractivity contribution in [2.75, 3.05) is 5.32 Å². The van der Waals surface area contributed by atoms with Crippen LogP contribution in [0.5, 0.6) is 0 Å². The summed E-state index contributed by atoms with van der Waals surface area (Å²) in [4.78, 5) is 16.7. The second kappa shape index (κ2) is 4.23. The molecule has 3 heterocycles. The highest BCUT2D eigenvalue weighted by molar-refractivity contribution is 7.12. The summed E-state index contributed by atoms with van der Waals surface area (Å²) in [6.07, 6.45) is 1.86. The molecular formula is C12H10N4OS. The maximum absolute atomic E-state index is 11.8. The molecule has 0 radical (unpaired) electrons. The van der Waals surface area contributed by atoms with Gasteiger partial charge in [-0.1, -0.05) is 12.1 Å². The van der Waals surface area contributed by atoms with E-state index >= 15 is 0 Å². The molecule has 18 heavy (non-hydrogen) atoms. The predicted molar refractivity (Wildman–Crippen MR) is 70.0 cm³/mol. The Morgan fingerprint density at radius 1 is 1.39 bits per heavy atom. The number of nitrogens with one attached hydrogen (secondary N) is 1. The minimum atomic E-state index is -0.183. The molecule has 1 N–H and O–H groups in total. The molecule has 0 aliphatic rings. The fourth-order valence-electron chi connectivity index (χ4n) is 1.61. The van der Waals surface area contributed by atoms with Crippen molar-refractivity contribution in [1.82, 2.24) is 14.6 Å². The Hall–Kier alpha value is -2.21. The molecule has 1 amide bonds. The first-order valence-electron chi connectivity index (χ1n) is 5.40. The summed E-state index contributed by atoms with van der Waals surface area (Å²) >= 11 is 1.39. The van der Waals surface area contributed by atoms with Gasteiger partial charge in [0.15, 0.2) is 5.65 Å². The summed E-state index contributed by atoms with van der Waals surface area (Å²) < 4.78 is 1.65. The van der Waals surface area contributed by atoms with Crippen molar-refractivity contribution in [3.63, 3.8) is 0 Å². The Morgan fingerprint density at radius 2 is 2.28 bits per heavy atom. The fourth-order valence-corrected chi connectivity index (χ4v) is 2.23. The van der Waals surface area contributed by atoms with Crippen LogP contribution in [0.3, 0.4) is 0 Å². The predicted octanol–water partition coefficient (Wildman–Crippen LogP) is 2.35. The second-order valence-electron chi connectivity index (χ2n) is 3.88. The average Bonchev–Trinajstić information content (AvgIpc) is 2.95. The number of pyridine rings is 1. The lowest BCUT2D eigenvalue weighted by molar-refractivity contribution is 0.102. The van der Waals surface area contributed by atoms with Gasteiger partial charge in [0.25, 0.3) is 5.91 Å². The highest BCUT2D eigenvalue weighted by atomic mass is 32.1. The van der Waals surface area contributed by atoms with E-state index in [0.717, 1.165) is 5.56 Å². The summed E-state index contributed by atoms with van der Waals surface area (Å²) in [5.41, 5.74) is 1.80. The molecule has 6 heteroatoms. The Labute approximate surface area is 107 Å². The molecular weight excluding hydrogens is 248 g/mol. The van der Waals surface area contributed by atoms with Gasteiger partial charge >= 0.3 is 0 Å². The number of amides is 1. The van der Waals surface area contributed by atoms with Crippen LogP contribution in [0.25, 0.3) is 5.65 Å². The molecule has 0 fully saturated rings. The highest BCUT2D eigenvalue weighted by Crippen LogP contribution is 2.12. The van der Waals surface area contributed by atoms with Gasteiger partial charge in [0.1, 0.15) is 0 Å². The van der Waals surface area contributed by atoms with Crippen molar-refractivity contribution >= 4 is 28.8 Å². The van der Waals surface area contributed by atoms with Crippen LogP contribution >= 0.6 is 11.3 Å². The number of nitrogens with zero attached hydrogens (tertiary/aromatic N) is 3. The van der Waals surface area contributed by atoms with Gasteiger partial charge in [0, 0.05) is 6.20 Å². The summed E-state index contributed by atoms with van der Waals surface area (Å²) in [5, 5.41) is 8.74. The van der Waals surface area contributed by atoms with Crippen LogP contribution < -0.4 is 5.32 Å². The summed E-state index contributed by atoms with van der Waals surface area (Å²) in [6.45, 7) is 1.98. The number of rotatable bonds is 2. The SMILES string of the molecule is Cc1ccc2nc(NC(=O)c3cccs3)nn2c1. The smallest absolute Gasteiger partial charge is 0.268 e. The zero-order chi connectivity index (χ0) is 12.5. The van der Waals surface area contributed by atoms with E-state index in [1.807, 2.05) is 36.7 Å². The molecule has 90 valence electrons. The van der Waals surface area contributed by atoms with E-state index in [9.17, 15) is 4.79 Å². The van der Waals surface area contributed by atoms with Gasteiger partial charge in [-0.25, -0.2) is 4.52 Å². The zero-order valence-electron chi connectivity index (χ0n) is 9.62. The van der Waals surface area contributed by atoms with E-state index in [1.54, 1.807) is 10.6 Å². The van der Waals surface area contributed by atoms with Gasteiger partial charge in [-0.15, -0.1) is 16.4 Å². The number of aryl methyl sites for hydroxylation is 1. The van der Waals surface area contributed by atoms with Crippen molar-refractivity contribution in [1.29, 1.82) is 0 Å². The molecule has 0 saturated carbocycles. The quantitative estimate of drug-likeness (QED) is 0.767. The zero-order valence-corrected chi connectivity index (χ0v) is 10.4. The van der Waals surface area contributed by atoms with E-state index in [0.29, 0.717) is 16.5 Å². The molecule has 0 saturated heterocycles. The molecule has 0 bridgehead atoms. The van der Waals surface area contributed by atoms with E-state index < -0.39 is 0 Å². The topological polar surface area (TPSA) is 59.3 Å². The van der Waals surface area contributed by atoms with Gasteiger partial charge in [0.2, 0.25) is 5.95 Å². The Kier molecular flexibility index (Phi) is 2.56. The number of hydrogen-bond acceptors (Lipinski definition) is 4. The number of hydrogen-bond donors (Lipinski definition) is 1. The van der Waals surface area contributed by atoms with Crippen molar-refractivity contribution in [3.05, 3.63) is 46.3 Å². The lowest BCUT2D eigenvalue weighted by atomic mass is 10.3. The van der Waals surface area contributed by atoms with Gasteiger partial charge in [0.05, 0.1) is 4.88 Å². The Morgan fingerprint density at radius 3 is 3.06 bits per heavy atom. The number of carbonyl (C=O) groups is 1. The number of anilines is 1. The largest absolute Gasteiger partial charge is 0.288 e. The molecule has 0 aliphatic heterocycles. The molecule has 5 nitrogen and oxygen atoms in total. The van der Waals surface area contributed by atoms with Crippen LogP contribution in [0, 0.1) is 6.92 Å². The monoisotopic (exact) mass is 258 g/mol. The second-order valence-corrected chi connectivity index (χ2v) is 4.82. The molecule has 0 aromatic carbocycles. The molecule has 3 aromatic heterocycles. The summed E-state index contributed by atoms with van der Waals surface area (Å²) in [6, 6.07) is 7.41.